The van der Waals surface area contributed by atoms with E-state index in [2.05, 4.69) is 0 Å². The van der Waals surface area contributed by atoms with Gasteiger partial charge in [-0.15, -0.1) is 0 Å². The van der Waals surface area contributed by atoms with Crippen molar-refractivity contribution in [1.29, 1.82) is 0 Å². The SMILES string of the molecule is O=C1CC2CCC(C1)N2c1cc([N+](=O)[O-])ccc1F. The summed E-state index contributed by atoms with van der Waals surface area (Å²) in [7, 11) is 0. The molecule has 0 aromatic heterocycles. The molecular weight excluding hydrogens is 251 g/mol. The number of benzene rings is 1. The quantitative estimate of drug-likeness (QED) is 0.608. The standard InChI is InChI=1S/C13H13FN2O3/c14-12-4-3-10(16(18)19)7-13(12)15-8-1-2-9(15)6-11(17)5-8/h3-4,7-9H,1-2,5-6H2. The summed E-state index contributed by atoms with van der Waals surface area (Å²) in [5.41, 5.74) is 0.141. The Morgan fingerprint density at radius 2 is 1.89 bits per heavy atom. The zero-order chi connectivity index (χ0) is 13.6. The Morgan fingerprint density at radius 3 is 2.47 bits per heavy atom. The average molecular weight is 264 g/mol. The molecule has 2 atom stereocenters. The first-order chi connectivity index (χ1) is 9.06. The molecule has 0 amide bonds. The van der Waals surface area contributed by atoms with Crippen LogP contribution >= 0.6 is 0 Å². The first-order valence-corrected chi connectivity index (χ1v) is 6.30. The van der Waals surface area contributed by atoms with Crippen molar-refractivity contribution in [3.63, 3.8) is 0 Å². The van der Waals surface area contributed by atoms with Crippen molar-refractivity contribution in [2.24, 2.45) is 0 Å². The van der Waals surface area contributed by atoms with Crippen molar-refractivity contribution in [1.82, 2.24) is 0 Å². The highest BCUT2D eigenvalue weighted by molar-refractivity contribution is 5.83. The largest absolute Gasteiger partial charge is 0.362 e. The number of carbonyl (C=O) groups excluding carboxylic acids is 1. The Labute approximate surface area is 109 Å². The molecule has 2 unspecified atom stereocenters. The van der Waals surface area contributed by atoms with Crippen LogP contribution in [0.2, 0.25) is 0 Å². The maximum Gasteiger partial charge on any atom is 0.271 e. The number of hydrogen-bond donors (Lipinski definition) is 0. The van der Waals surface area contributed by atoms with E-state index in [0.717, 1.165) is 25.0 Å². The van der Waals surface area contributed by atoms with Crippen LogP contribution in [0.25, 0.3) is 0 Å². The highest BCUT2D eigenvalue weighted by atomic mass is 19.1. The zero-order valence-electron chi connectivity index (χ0n) is 10.2. The number of halogens is 1. The van der Waals surface area contributed by atoms with Crippen LogP contribution in [-0.2, 0) is 4.79 Å². The molecule has 5 nitrogen and oxygen atoms in total. The van der Waals surface area contributed by atoms with E-state index in [9.17, 15) is 19.3 Å². The van der Waals surface area contributed by atoms with Gasteiger partial charge >= 0.3 is 0 Å². The molecule has 0 saturated carbocycles. The predicted molar refractivity (Wildman–Crippen MR) is 66.6 cm³/mol. The summed E-state index contributed by atoms with van der Waals surface area (Å²) < 4.78 is 13.9. The molecule has 3 rings (SSSR count). The molecule has 0 radical (unpaired) electrons. The van der Waals surface area contributed by atoms with Crippen LogP contribution in [-0.4, -0.2) is 22.8 Å². The van der Waals surface area contributed by atoms with E-state index in [0.29, 0.717) is 12.8 Å². The van der Waals surface area contributed by atoms with Crippen molar-refractivity contribution in [3.05, 3.63) is 34.1 Å². The molecule has 0 aliphatic carbocycles. The molecule has 19 heavy (non-hydrogen) atoms. The molecule has 6 heteroatoms. The maximum absolute atomic E-state index is 13.9. The zero-order valence-corrected chi connectivity index (χ0v) is 10.2. The minimum atomic E-state index is -0.528. The lowest BCUT2D eigenvalue weighted by molar-refractivity contribution is -0.384. The first kappa shape index (κ1) is 12.1. The number of ketones is 1. The summed E-state index contributed by atoms with van der Waals surface area (Å²) in [4.78, 5) is 23.7. The Morgan fingerprint density at radius 1 is 1.26 bits per heavy atom. The summed E-state index contributed by atoms with van der Waals surface area (Å²) in [6.07, 6.45) is 2.52. The number of non-ortho nitro benzene ring substituents is 1. The molecule has 2 aliphatic rings. The number of nitrogens with zero attached hydrogens (tertiary/aromatic N) is 2. The number of Topliss-reactive ketones (excluding diaryl/α,β-unsaturated/α-hetero) is 1. The maximum atomic E-state index is 13.9. The highest BCUT2D eigenvalue weighted by Crippen LogP contribution is 2.40. The Hall–Kier alpha value is -1.98. The van der Waals surface area contributed by atoms with E-state index in [1.165, 1.54) is 6.07 Å². The third kappa shape index (κ3) is 1.97. The second-order valence-electron chi connectivity index (χ2n) is 5.13. The normalized spacial score (nSPS) is 25.7. The number of nitro groups is 1. The molecule has 2 bridgehead atoms. The first-order valence-electron chi connectivity index (χ1n) is 6.30. The van der Waals surface area contributed by atoms with Crippen LogP contribution in [0.5, 0.6) is 0 Å². The average Bonchev–Trinajstić information content (AvgIpc) is 2.62. The van der Waals surface area contributed by atoms with Gasteiger partial charge in [-0.05, 0) is 18.9 Å². The Bertz CT molecular complexity index is 545. The molecule has 1 aromatic carbocycles. The molecule has 2 aliphatic heterocycles. The fourth-order valence-corrected chi connectivity index (χ4v) is 3.18. The number of piperidine rings is 1. The number of carbonyl (C=O) groups is 1. The number of hydrogen-bond acceptors (Lipinski definition) is 4. The van der Waals surface area contributed by atoms with Gasteiger partial charge in [-0.25, -0.2) is 4.39 Å². The highest BCUT2D eigenvalue weighted by Gasteiger charge is 2.41. The van der Waals surface area contributed by atoms with Crippen LogP contribution in [0.15, 0.2) is 18.2 Å². The third-order valence-electron chi connectivity index (χ3n) is 3.97. The minimum absolute atomic E-state index is 0.0113. The van der Waals surface area contributed by atoms with Gasteiger partial charge in [-0.1, -0.05) is 0 Å². The van der Waals surface area contributed by atoms with Crippen LogP contribution < -0.4 is 4.90 Å². The van der Waals surface area contributed by atoms with Crippen molar-refractivity contribution >= 4 is 17.2 Å². The van der Waals surface area contributed by atoms with Gasteiger partial charge in [0, 0.05) is 37.1 Å². The monoisotopic (exact) mass is 264 g/mol. The van der Waals surface area contributed by atoms with Crippen molar-refractivity contribution in [2.45, 2.75) is 37.8 Å². The van der Waals surface area contributed by atoms with Crippen molar-refractivity contribution in [2.75, 3.05) is 4.90 Å². The molecule has 1 aromatic rings. The fourth-order valence-electron chi connectivity index (χ4n) is 3.18. The fraction of sp³-hybridized carbons (Fsp3) is 0.462. The van der Waals surface area contributed by atoms with E-state index in [-0.39, 0.29) is 29.2 Å². The van der Waals surface area contributed by atoms with Crippen molar-refractivity contribution < 1.29 is 14.1 Å². The molecule has 2 saturated heterocycles. The smallest absolute Gasteiger partial charge is 0.271 e. The number of fused-ring (bicyclic) bond motifs is 2. The second-order valence-corrected chi connectivity index (χ2v) is 5.13. The van der Waals surface area contributed by atoms with E-state index in [1.807, 2.05) is 4.90 Å². The predicted octanol–water partition coefficient (Wildman–Crippen LogP) is 2.43. The Balaban J connectivity index is 2.00. The molecule has 0 N–H and O–H groups in total. The molecule has 2 fully saturated rings. The van der Waals surface area contributed by atoms with Gasteiger partial charge in [0.25, 0.3) is 5.69 Å². The molecule has 2 heterocycles. The number of anilines is 1. The van der Waals surface area contributed by atoms with Crippen LogP contribution in [0, 0.1) is 15.9 Å². The lowest BCUT2D eigenvalue weighted by Crippen LogP contribution is -2.43. The van der Waals surface area contributed by atoms with Crippen molar-refractivity contribution in [3.8, 4) is 0 Å². The summed E-state index contributed by atoms with van der Waals surface area (Å²) >= 11 is 0. The van der Waals surface area contributed by atoms with E-state index < -0.39 is 10.7 Å². The van der Waals surface area contributed by atoms with Gasteiger partial charge in [0.2, 0.25) is 0 Å². The van der Waals surface area contributed by atoms with E-state index in [1.54, 1.807) is 0 Å². The van der Waals surface area contributed by atoms with Gasteiger partial charge in [0.1, 0.15) is 11.6 Å². The van der Waals surface area contributed by atoms with Gasteiger partial charge in [0.05, 0.1) is 10.6 Å². The van der Waals surface area contributed by atoms with Gasteiger partial charge in [-0.2, -0.15) is 0 Å². The third-order valence-corrected chi connectivity index (χ3v) is 3.97. The molecule has 0 spiro atoms. The minimum Gasteiger partial charge on any atom is -0.362 e. The Kier molecular flexibility index (Phi) is 2.73. The van der Waals surface area contributed by atoms with E-state index >= 15 is 0 Å². The van der Waals surface area contributed by atoms with Gasteiger partial charge in [0.15, 0.2) is 0 Å². The molecular formula is C13H13FN2O3. The second kappa shape index (κ2) is 4.29. The summed E-state index contributed by atoms with van der Waals surface area (Å²) in [5.74, 6) is -0.258. The summed E-state index contributed by atoms with van der Waals surface area (Å²) in [5, 5.41) is 10.8. The lowest BCUT2D eigenvalue weighted by Gasteiger charge is -2.36. The summed E-state index contributed by atoms with van der Waals surface area (Å²) in [6, 6.07) is 3.54. The number of nitro benzene ring substituents is 1. The van der Waals surface area contributed by atoms with E-state index in [4.69, 9.17) is 0 Å². The van der Waals surface area contributed by atoms with Gasteiger partial charge in [-0.3, -0.25) is 14.9 Å². The van der Waals surface area contributed by atoms with Crippen LogP contribution in [0.3, 0.4) is 0 Å². The number of rotatable bonds is 2. The summed E-state index contributed by atoms with van der Waals surface area (Å²) in [6.45, 7) is 0. The molecule has 100 valence electrons. The topological polar surface area (TPSA) is 63.5 Å². The van der Waals surface area contributed by atoms with Crippen LogP contribution in [0.1, 0.15) is 25.7 Å². The van der Waals surface area contributed by atoms with Crippen LogP contribution in [0.4, 0.5) is 15.8 Å². The lowest BCUT2D eigenvalue weighted by atomic mass is 10.0. The van der Waals surface area contributed by atoms with Gasteiger partial charge < -0.3 is 4.90 Å².